The molecule has 3 aromatic rings. The lowest BCUT2D eigenvalue weighted by atomic mass is 9.90. The third kappa shape index (κ3) is 4.15. The van der Waals surface area contributed by atoms with Crippen LogP contribution in [0.2, 0.25) is 0 Å². The fourth-order valence-corrected chi connectivity index (χ4v) is 3.74. The van der Waals surface area contributed by atoms with Crippen molar-refractivity contribution in [3.8, 4) is 0 Å². The molecule has 7 heteroatoms. The zero-order valence-electron chi connectivity index (χ0n) is 17.0. The van der Waals surface area contributed by atoms with Crippen LogP contribution in [-0.2, 0) is 21.7 Å². The maximum atomic E-state index is 13.6. The molecule has 1 saturated heterocycles. The topological polar surface area (TPSA) is 78.9 Å². The molecular weight excluding hydrogens is 399 g/mol. The van der Waals surface area contributed by atoms with Gasteiger partial charge in [-0.05, 0) is 35.4 Å². The number of nitrogens with zero attached hydrogens (tertiary/aromatic N) is 1. The van der Waals surface area contributed by atoms with Gasteiger partial charge in [0.2, 0.25) is 0 Å². The molecule has 1 aliphatic heterocycles. The number of ether oxygens (including phenoxy) is 1. The summed E-state index contributed by atoms with van der Waals surface area (Å²) in [4.78, 5) is 26.6. The van der Waals surface area contributed by atoms with E-state index in [0.717, 1.165) is 15.7 Å². The van der Waals surface area contributed by atoms with E-state index in [9.17, 15) is 19.1 Å². The Morgan fingerprint density at radius 2 is 1.77 bits per heavy atom. The fraction of sp³-hybridized carbons (Fsp3) is 0.250. The number of carbonyl (C=O) groups excluding carboxylic acids is 2. The maximum Gasteiger partial charge on any atom is 0.325 e. The molecular formula is C24H23FN2O4. The summed E-state index contributed by atoms with van der Waals surface area (Å²) in [5.41, 5.74) is -0.194. The van der Waals surface area contributed by atoms with Crippen molar-refractivity contribution >= 4 is 22.7 Å². The van der Waals surface area contributed by atoms with Gasteiger partial charge >= 0.3 is 6.03 Å². The van der Waals surface area contributed by atoms with Crippen molar-refractivity contribution < 1.29 is 23.8 Å². The predicted octanol–water partition coefficient (Wildman–Crippen LogP) is 3.32. The average molecular weight is 422 g/mol. The Morgan fingerprint density at radius 1 is 1.06 bits per heavy atom. The molecule has 2 atom stereocenters. The summed E-state index contributed by atoms with van der Waals surface area (Å²) in [6.07, 6.45) is -1.10. The number of β-amino-alcohol motifs (C(OH)–C–C–N with tert-alkyl or cyclic N) is 1. The van der Waals surface area contributed by atoms with E-state index in [1.807, 2.05) is 42.5 Å². The standard InChI is InChI=1S/C24H23FN2O4/c1-24(19-11-10-16-6-2-3-7-17(16)12-19)22(29)27(23(30)26-24)13-20(28)15-31-14-18-8-4-5-9-21(18)25/h2-12,20,28H,13-15H2,1H3,(H,26,30)/t20-,24-/m1/s1. The second kappa shape index (κ2) is 8.45. The quantitative estimate of drug-likeness (QED) is 0.573. The van der Waals surface area contributed by atoms with Crippen LogP contribution in [0.25, 0.3) is 10.8 Å². The lowest BCUT2D eigenvalue weighted by Crippen LogP contribution is -2.42. The summed E-state index contributed by atoms with van der Waals surface area (Å²) in [5.74, 6) is -0.835. The highest BCUT2D eigenvalue weighted by Crippen LogP contribution is 2.31. The number of carbonyl (C=O) groups is 2. The van der Waals surface area contributed by atoms with Gasteiger partial charge in [0.05, 0.1) is 25.9 Å². The smallest absolute Gasteiger partial charge is 0.325 e. The van der Waals surface area contributed by atoms with Gasteiger partial charge in [0.25, 0.3) is 5.91 Å². The molecule has 0 saturated carbocycles. The molecule has 0 aromatic heterocycles. The zero-order chi connectivity index (χ0) is 22.0. The summed E-state index contributed by atoms with van der Waals surface area (Å²) in [5, 5.41) is 15.0. The van der Waals surface area contributed by atoms with Crippen LogP contribution in [0.3, 0.4) is 0 Å². The van der Waals surface area contributed by atoms with Gasteiger partial charge in [-0.15, -0.1) is 0 Å². The van der Waals surface area contributed by atoms with Gasteiger partial charge in [-0.25, -0.2) is 9.18 Å². The largest absolute Gasteiger partial charge is 0.389 e. The number of aliphatic hydroxyl groups excluding tert-OH is 1. The van der Waals surface area contributed by atoms with Crippen LogP contribution in [0.15, 0.2) is 66.7 Å². The SMILES string of the molecule is C[C@]1(c2ccc3ccccc3c2)NC(=O)N(C[C@@H](O)COCc2ccccc2F)C1=O. The van der Waals surface area contributed by atoms with Crippen LogP contribution in [0, 0.1) is 5.82 Å². The molecule has 31 heavy (non-hydrogen) atoms. The number of fused-ring (bicyclic) bond motifs is 1. The summed E-state index contributed by atoms with van der Waals surface area (Å²) in [6, 6.07) is 19.0. The second-order valence-electron chi connectivity index (χ2n) is 7.79. The van der Waals surface area contributed by atoms with E-state index < -0.39 is 29.4 Å². The minimum absolute atomic E-state index is 0.0152. The second-order valence-corrected chi connectivity index (χ2v) is 7.79. The number of halogens is 1. The molecule has 0 aliphatic carbocycles. The minimum atomic E-state index is -1.23. The molecule has 0 spiro atoms. The van der Waals surface area contributed by atoms with E-state index in [1.165, 1.54) is 6.07 Å². The normalized spacial score (nSPS) is 19.6. The number of benzene rings is 3. The van der Waals surface area contributed by atoms with Crippen molar-refractivity contribution in [2.75, 3.05) is 13.2 Å². The highest BCUT2D eigenvalue weighted by atomic mass is 19.1. The Kier molecular flexibility index (Phi) is 5.71. The number of hydrogen-bond donors (Lipinski definition) is 2. The van der Waals surface area contributed by atoms with Crippen LogP contribution in [0.4, 0.5) is 9.18 Å². The average Bonchev–Trinajstić information content (AvgIpc) is 2.98. The van der Waals surface area contributed by atoms with Gasteiger partial charge < -0.3 is 15.2 Å². The Bertz CT molecular complexity index is 1140. The summed E-state index contributed by atoms with van der Waals surface area (Å²) in [6.45, 7) is 1.28. The van der Waals surface area contributed by atoms with Crippen molar-refractivity contribution in [2.45, 2.75) is 25.2 Å². The molecule has 1 heterocycles. The Hall–Kier alpha value is -3.29. The van der Waals surface area contributed by atoms with Crippen molar-refractivity contribution in [3.63, 3.8) is 0 Å². The Balaban J connectivity index is 1.41. The number of aliphatic hydroxyl groups is 1. The molecule has 0 radical (unpaired) electrons. The molecule has 3 amide bonds. The highest BCUT2D eigenvalue weighted by molar-refractivity contribution is 6.07. The maximum absolute atomic E-state index is 13.6. The number of amides is 3. The van der Waals surface area contributed by atoms with Crippen LogP contribution >= 0.6 is 0 Å². The molecule has 0 unspecified atom stereocenters. The molecule has 2 N–H and O–H groups in total. The van der Waals surface area contributed by atoms with Crippen molar-refractivity contribution in [3.05, 3.63) is 83.7 Å². The number of rotatable bonds is 7. The van der Waals surface area contributed by atoms with E-state index in [0.29, 0.717) is 11.1 Å². The third-order valence-electron chi connectivity index (χ3n) is 5.52. The number of imide groups is 1. The van der Waals surface area contributed by atoms with E-state index >= 15 is 0 Å². The number of urea groups is 1. The van der Waals surface area contributed by atoms with Gasteiger partial charge in [-0.1, -0.05) is 54.6 Å². The highest BCUT2D eigenvalue weighted by Gasteiger charge is 2.49. The Morgan fingerprint density at radius 3 is 2.55 bits per heavy atom. The van der Waals surface area contributed by atoms with Crippen LogP contribution in [-0.4, -0.2) is 41.2 Å². The molecule has 4 rings (SSSR count). The molecule has 6 nitrogen and oxygen atoms in total. The Labute approximate surface area is 179 Å². The first-order chi connectivity index (χ1) is 14.9. The van der Waals surface area contributed by atoms with Crippen LogP contribution in [0.5, 0.6) is 0 Å². The fourth-order valence-electron chi connectivity index (χ4n) is 3.74. The minimum Gasteiger partial charge on any atom is -0.389 e. The summed E-state index contributed by atoms with van der Waals surface area (Å²) < 4.78 is 19.0. The monoisotopic (exact) mass is 422 g/mol. The van der Waals surface area contributed by atoms with E-state index in [-0.39, 0.29) is 19.8 Å². The summed E-state index contributed by atoms with van der Waals surface area (Å²) in [7, 11) is 0. The van der Waals surface area contributed by atoms with Crippen molar-refractivity contribution in [1.82, 2.24) is 10.2 Å². The predicted molar refractivity (Wildman–Crippen MR) is 114 cm³/mol. The van der Waals surface area contributed by atoms with E-state index in [4.69, 9.17) is 4.74 Å². The molecule has 0 bridgehead atoms. The molecule has 3 aromatic carbocycles. The number of hydrogen-bond acceptors (Lipinski definition) is 4. The van der Waals surface area contributed by atoms with Gasteiger partial charge in [0.15, 0.2) is 0 Å². The van der Waals surface area contributed by atoms with Gasteiger partial charge in [0.1, 0.15) is 11.4 Å². The van der Waals surface area contributed by atoms with E-state index in [1.54, 1.807) is 25.1 Å². The first-order valence-electron chi connectivity index (χ1n) is 10.0. The van der Waals surface area contributed by atoms with Crippen LogP contribution in [0.1, 0.15) is 18.1 Å². The van der Waals surface area contributed by atoms with Gasteiger partial charge in [0, 0.05) is 5.56 Å². The van der Waals surface area contributed by atoms with Crippen molar-refractivity contribution in [2.24, 2.45) is 0 Å². The van der Waals surface area contributed by atoms with Gasteiger partial charge in [-0.2, -0.15) is 0 Å². The van der Waals surface area contributed by atoms with Crippen molar-refractivity contribution in [1.29, 1.82) is 0 Å². The lowest BCUT2D eigenvalue weighted by molar-refractivity contribution is -0.132. The lowest BCUT2D eigenvalue weighted by Gasteiger charge is -2.23. The van der Waals surface area contributed by atoms with Gasteiger partial charge in [-0.3, -0.25) is 9.69 Å². The third-order valence-corrected chi connectivity index (χ3v) is 5.52. The molecule has 1 aliphatic rings. The first-order valence-corrected chi connectivity index (χ1v) is 10.0. The molecule has 1 fully saturated rings. The van der Waals surface area contributed by atoms with Crippen LogP contribution < -0.4 is 5.32 Å². The summed E-state index contributed by atoms with van der Waals surface area (Å²) >= 11 is 0. The first kappa shape index (κ1) is 21.0. The van der Waals surface area contributed by atoms with E-state index in [2.05, 4.69) is 5.32 Å². The number of nitrogens with one attached hydrogen (secondary N) is 1. The zero-order valence-corrected chi connectivity index (χ0v) is 17.0. The molecule has 160 valence electrons.